The zero-order valence-electron chi connectivity index (χ0n) is 11.1. The van der Waals surface area contributed by atoms with E-state index >= 15 is 0 Å². The van der Waals surface area contributed by atoms with Gasteiger partial charge in [-0.15, -0.1) is 0 Å². The number of amides is 1. The fraction of sp³-hybridized carbons (Fsp3) is 0.267. The summed E-state index contributed by atoms with van der Waals surface area (Å²) in [4.78, 5) is 11.8. The van der Waals surface area contributed by atoms with Crippen molar-refractivity contribution in [3.05, 3.63) is 53.6 Å². The van der Waals surface area contributed by atoms with Gasteiger partial charge in [-0.1, -0.05) is 12.1 Å². The Bertz CT molecular complexity index is 570. The first kappa shape index (κ1) is 13.3. The molecule has 0 saturated carbocycles. The molecule has 19 heavy (non-hydrogen) atoms. The van der Waals surface area contributed by atoms with Crippen LogP contribution in [0.25, 0.3) is 0 Å². The molecule has 0 aliphatic heterocycles. The van der Waals surface area contributed by atoms with Crippen molar-refractivity contribution in [1.29, 1.82) is 0 Å². The van der Waals surface area contributed by atoms with E-state index in [1.165, 1.54) is 6.07 Å². The molecule has 0 unspecified atom stereocenters. The van der Waals surface area contributed by atoms with E-state index in [2.05, 4.69) is 9.88 Å². The average molecular weight is 260 g/mol. The number of para-hydroxylation sites is 1. The summed E-state index contributed by atoms with van der Waals surface area (Å²) < 4.78 is 15.4. The van der Waals surface area contributed by atoms with E-state index in [4.69, 9.17) is 0 Å². The lowest BCUT2D eigenvalue weighted by Gasteiger charge is -2.10. The van der Waals surface area contributed by atoms with Crippen molar-refractivity contribution in [2.75, 3.05) is 5.32 Å². The molecular formula is C15H17FN2O. The number of halogens is 1. The van der Waals surface area contributed by atoms with Crippen LogP contribution in [0.15, 0.2) is 36.4 Å². The number of benzene rings is 1. The number of anilines is 1. The molecule has 100 valence electrons. The Morgan fingerprint density at radius 3 is 2.42 bits per heavy atom. The number of nitrogens with one attached hydrogen (secondary N) is 1. The Labute approximate surface area is 112 Å². The summed E-state index contributed by atoms with van der Waals surface area (Å²) in [6.07, 6.45) is 0.324. The molecule has 0 atom stereocenters. The van der Waals surface area contributed by atoms with Crippen LogP contribution < -0.4 is 5.32 Å². The topological polar surface area (TPSA) is 34.0 Å². The monoisotopic (exact) mass is 260 g/mol. The van der Waals surface area contributed by atoms with Crippen LogP contribution in [0.5, 0.6) is 0 Å². The van der Waals surface area contributed by atoms with Crippen molar-refractivity contribution in [2.24, 2.45) is 0 Å². The second-order valence-corrected chi connectivity index (χ2v) is 4.55. The maximum Gasteiger partial charge on any atom is 0.226 e. The minimum atomic E-state index is -0.413. The molecule has 3 nitrogen and oxygen atoms in total. The van der Waals surface area contributed by atoms with Gasteiger partial charge in [0.25, 0.3) is 0 Å². The van der Waals surface area contributed by atoms with Gasteiger partial charge in [-0.25, -0.2) is 4.39 Å². The molecule has 2 aromatic rings. The minimum Gasteiger partial charge on any atom is -0.349 e. The Hall–Kier alpha value is -2.10. The summed E-state index contributed by atoms with van der Waals surface area (Å²) in [5, 5.41) is 2.58. The second kappa shape index (κ2) is 5.69. The smallest absolute Gasteiger partial charge is 0.226 e. The molecule has 0 bridgehead atoms. The first-order valence-corrected chi connectivity index (χ1v) is 6.25. The van der Waals surface area contributed by atoms with Crippen molar-refractivity contribution in [2.45, 2.75) is 26.8 Å². The highest BCUT2D eigenvalue weighted by atomic mass is 19.1. The van der Waals surface area contributed by atoms with E-state index in [1.54, 1.807) is 18.2 Å². The molecule has 1 aromatic heterocycles. The molecule has 4 heteroatoms. The van der Waals surface area contributed by atoms with Crippen LogP contribution in [0.3, 0.4) is 0 Å². The number of aryl methyl sites for hydroxylation is 2. The van der Waals surface area contributed by atoms with E-state index in [0.717, 1.165) is 11.4 Å². The van der Waals surface area contributed by atoms with Crippen molar-refractivity contribution in [3.8, 4) is 0 Å². The lowest BCUT2D eigenvalue weighted by Crippen LogP contribution is -2.16. The molecule has 1 N–H and O–H groups in total. The fourth-order valence-corrected chi connectivity index (χ4v) is 2.04. The van der Waals surface area contributed by atoms with Crippen molar-refractivity contribution >= 4 is 11.6 Å². The highest BCUT2D eigenvalue weighted by Crippen LogP contribution is 2.13. The number of aromatic nitrogens is 1. The standard InChI is InChI=1S/C15H17FN2O/c1-11-7-8-12(2)18(11)10-9-15(19)17-14-6-4-3-5-13(14)16/h3-8H,9-10H2,1-2H3,(H,17,19). The van der Waals surface area contributed by atoms with Crippen LogP contribution in [0.1, 0.15) is 17.8 Å². The van der Waals surface area contributed by atoms with E-state index in [1.807, 2.05) is 26.0 Å². The van der Waals surface area contributed by atoms with Crippen molar-refractivity contribution in [3.63, 3.8) is 0 Å². The summed E-state index contributed by atoms with van der Waals surface area (Å²) in [5.41, 5.74) is 2.47. The fourth-order valence-electron chi connectivity index (χ4n) is 2.04. The molecule has 1 heterocycles. The van der Waals surface area contributed by atoms with Gasteiger partial charge in [0.1, 0.15) is 5.82 Å². The number of rotatable bonds is 4. The maximum absolute atomic E-state index is 13.4. The summed E-state index contributed by atoms with van der Waals surface area (Å²) in [6, 6.07) is 10.2. The van der Waals surface area contributed by atoms with E-state index in [-0.39, 0.29) is 11.6 Å². The highest BCUT2D eigenvalue weighted by Gasteiger charge is 2.08. The summed E-state index contributed by atoms with van der Waals surface area (Å²) >= 11 is 0. The van der Waals surface area contributed by atoms with Gasteiger partial charge < -0.3 is 9.88 Å². The first-order chi connectivity index (χ1) is 9.08. The molecule has 0 fully saturated rings. The van der Waals surface area contributed by atoms with Gasteiger partial charge in [0.15, 0.2) is 0 Å². The summed E-state index contributed by atoms with van der Waals surface area (Å²) in [5.74, 6) is -0.596. The van der Waals surface area contributed by atoms with Crippen LogP contribution in [0, 0.1) is 19.7 Å². The molecule has 0 saturated heterocycles. The van der Waals surface area contributed by atoms with Crippen molar-refractivity contribution < 1.29 is 9.18 Å². The molecule has 0 radical (unpaired) electrons. The van der Waals surface area contributed by atoms with Gasteiger partial charge in [0.2, 0.25) is 5.91 Å². The first-order valence-electron chi connectivity index (χ1n) is 6.25. The molecule has 1 aromatic carbocycles. The number of nitrogens with zero attached hydrogens (tertiary/aromatic N) is 1. The molecule has 1 amide bonds. The largest absolute Gasteiger partial charge is 0.349 e. The summed E-state index contributed by atoms with van der Waals surface area (Å²) in [6.45, 7) is 4.61. The Morgan fingerprint density at radius 1 is 1.16 bits per heavy atom. The molecule has 0 aliphatic carbocycles. The van der Waals surface area contributed by atoms with Crippen LogP contribution in [0.4, 0.5) is 10.1 Å². The van der Waals surface area contributed by atoms with Crippen LogP contribution >= 0.6 is 0 Å². The van der Waals surface area contributed by atoms with Crippen LogP contribution in [0.2, 0.25) is 0 Å². The maximum atomic E-state index is 13.4. The number of carbonyl (C=O) groups is 1. The number of hydrogen-bond acceptors (Lipinski definition) is 1. The highest BCUT2D eigenvalue weighted by molar-refractivity contribution is 5.90. The van der Waals surface area contributed by atoms with Gasteiger partial charge in [0.05, 0.1) is 5.69 Å². The Morgan fingerprint density at radius 2 is 1.79 bits per heavy atom. The van der Waals surface area contributed by atoms with Crippen LogP contribution in [-0.2, 0) is 11.3 Å². The Balaban J connectivity index is 1.94. The number of carbonyl (C=O) groups excluding carboxylic acids is 1. The SMILES string of the molecule is Cc1ccc(C)n1CCC(=O)Nc1ccccc1F. The third-order valence-corrected chi connectivity index (χ3v) is 3.13. The van der Waals surface area contributed by atoms with Gasteiger partial charge >= 0.3 is 0 Å². The molecule has 0 spiro atoms. The zero-order valence-corrected chi connectivity index (χ0v) is 11.1. The number of hydrogen-bond donors (Lipinski definition) is 1. The van der Waals surface area contributed by atoms with E-state index in [9.17, 15) is 9.18 Å². The second-order valence-electron chi connectivity index (χ2n) is 4.55. The predicted octanol–water partition coefficient (Wildman–Crippen LogP) is 3.27. The van der Waals surface area contributed by atoms with Crippen molar-refractivity contribution in [1.82, 2.24) is 4.57 Å². The minimum absolute atomic E-state index is 0.183. The van der Waals surface area contributed by atoms with Gasteiger partial charge in [0, 0.05) is 24.4 Å². The van der Waals surface area contributed by atoms with E-state index < -0.39 is 5.82 Å². The van der Waals surface area contributed by atoms with Crippen LogP contribution in [-0.4, -0.2) is 10.5 Å². The van der Waals surface area contributed by atoms with Gasteiger partial charge in [-0.05, 0) is 38.1 Å². The third-order valence-electron chi connectivity index (χ3n) is 3.13. The van der Waals surface area contributed by atoms with Gasteiger partial charge in [-0.2, -0.15) is 0 Å². The lowest BCUT2D eigenvalue weighted by atomic mass is 10.3. The predicted molar refractivity (Wildman–Crippen MR) is 73.6 cm³/mol. The quantitative estimate of drug-likeness (QED) is 0.899. The molecular weight excluding hydrogens is 243 g/mol. The average Bonchev–Trinajstić information content (AvgIpc) is 2.70. The normalized spacial score (nSPS) is 10.5. The third kappa shape index (κ3) is 3.22. The Kier molecular flexibility index (Phi) is 4.00. The summed E-state index contributed by atoms with van der Waals surface area (Å²) in [7, 11) is 0. The zero-order chi connectivity index (χ0) is 13.8. The lowest BCUT2D eigenvalue weighted by molar-refractivity contribution is -0.116. The molecule has 0 aliphatic rings. The van der Waals surface area contributed by atoms with Gasteiger partial charge in [-0.3, -0.25) is 4.79 Å². The molecule has 2 rings (SSSR count). The van der Waals surface area contributed by atoms with E-state index in [0.29, 0.717) is 13.0 Å².